The number of nitrogens with zero attached hydrogens (tertiary/aromatic N) is 1. The summed E-state index contributed by atoms with van der Waals surface area (Å²) >= 11 is 6.22. The van der Waals surface area contributed by atoms with Crippen LogP contribution in [-0.2, 0) is 6.54 Å². The summed E-state index contributed by atoms with van der Waals surface area (Å²) in [4.78, 5) is 4.35. The maximum atomic E-state index is 10.1. The highest BCUT2D eigenvalue weighted by Gasteiger charge is 2.39. The highest BCUT2D eigenvalue weighted by Crippen LogP contribution is 2.44. The molecule has 1 aromatic carbocycles. The van der Waals surface area contributed by atoms with Crippen molar-refractivity contribution >= 4 is 11.6 Å². The van der Waals surface area contributed by atoms with Gasteiger partial charge in [-0.05, 0) is 30.5 Å². The van der Waals surface area contributed by atoms with Crippen LogP contribution >= 0.6 is 11.6 Å². The van der Waals surface area contributed by atoms with E-state index < -0.39 is 0 Å². The van der Waals surface area contributed by atoms with Gasteiger partial charge in [0.15, 0.2) is 0 Å². The first-order valence-electron chi connectivity index (χ1n) is 7.89. The molecule has 2 aromatic rings. The number of hydrogen-bond donors (Lipinski definition) is 2. The van der Waals surface area contributed by atoms with E-state index in [9.17, 15) is 5.11 Å². The highest BCUT2D eigenvalue weighted by atomic mass is 35.5. The number of benzene rings is 1. The predicted octanol–water partition coefficient (Wildman–Crippen LogP) is 3.89. The number of pyridine rings is 1. The van der Waals surface area contributed by atoms with Crippen molar-refractivity contribution in [2.45, 2.75) is 25.4 Å². The first-order valence-corrected chi connectivity index (χ1v) is 8.26. The molecule has 1 aliphatic carbocycles. The number of aliphatic hydroxyl groups is 1. The Labute approximate surface area is 142 Å². The van der Waals surface area contributed by atoms with Gasteiger partial charge >= 0.3 is 0 Å². The van der Waals surface area contributed by atoms with Gasteiger partial charge in [0.1, 0.15) is 0 Å². The van der Waals surface area contributed by atoms with Crippen LogP contribution in [0, 0.1) is 5.41 Å². The van der Waals surface area contributed by atoms with Crippen LogP contribution in [-0.4, -0.2) is 16.7 Å². The minimum atomic E-state index is -0.206. The van der Waals surface area contributed by atoms with E-state index >= 15 is 0 Å². The molecule has 0 saturated carbocycles. The lowest BCUT2D eigenvalue weighted by atomic mass is 9.75. The van der Waals surface area contributed by atoms with Crippen LogP contribution in [0.25, 0.3) is 0 Å². The summed E-state index contributed by atoms with van der Waals surface area (Å²) in [6, 6.07) is 14.0. The third-order valence-electron chi connectivity index (χ3n) is 4.58. The maximum Gasteiger partial charge on any atom is 0.0727 e. The normalized spacial score (nSPS) is 17.3. The van der Waals surface area contributed by atoms with Crippen molar-refractivity contribution < 1.29 is 5.11 Å². The monoisotopic (exact) mass is 328 g/mol. The Morgan fingerprint density at radius 2 is 1.87 bits per heavy atom. The average molecular weight is 329 g/mol. The third-order valence-corrected chi connectivity index (χ3v) is 4.93. The van der Waals surface area contributed by atoms with E-state index in [1.165, 1.54) is 5.56 Å². The Kier molecular flexibility index (Phi) is 5.11. The lowest BCUT2D eigenvalue weighted by molar-refractivity contribution is 0.0906. The Bertz CT molecular complexity index is 664. The molecule has 1 heterocycles. The average Bonchev–Trinajstić information content (AvgIpc) is 3.08. The van der Waals surface area contributed by atoms with E-state index in [1.807, 2.05) is 30.3 Å². The van der Waals surface area contributed by atoms with Gasteiger partial charge in [-0.3, -0.25) is 4.98 Å². The van der Waals surface area contributed by atoms with E-state index in [4.69, 9.17) is 11.6 Å². The molecule has 4 heteroatoms. The molecule has 2 N–H and O–H groups in total. The topological polar surface area (TPSA) is 45.1 Å². The predicted molar refractivity (Wildman–Crippen MR) is 93.2 cm³/mol. The van der Waals surface area contributed by atoms with Gasteiger partial charge in [0, 0.05) is 24.2 Å². The number of aliphatic hydroxyl groups excluding tert-OH is 1. The lowest BCUT2D eigenvalue weighted by Gasteiger charge is -2.37. The summed E-state index contributed by atoms with van der Waals surface area (Å²) in [6.45, 7) is 0.712. The molecule has 0 bridgehead atoms. The second kappa shape index (κ2) is 7.26. The van der Waals surface area contributed by atoms with Crippen LogP contribution in [0.2, 0.25) is 5.02 Å². The van der Waals surface area contributed by atoms with Gasteiger partial charge in [-0.2, -0.15) is 0 Å². The van der Waals surface area contributed by atoms with E-state index in [-0.39, 0.29) is 18.1 Å². The quantitative estimate of drug-likeness (QED) is 0.791. The number of nitrogens with one attached hydrogen (secondary N) is 1. The molecule has 3 nitrogen and oxygen atoms in total. The number of aromatic nitrogens is 1. The second-order valence-electron chi connectivity index (χ2n) is 6.06. The molecule has 0 unspecified atom stereocenters. The molecule has 0 radical (unpaired) electrons. The molecular weight excluding hydrogens is 308 g/mol. The van der Waals surface area contributed by atoms with Crippen LogP contribution in [0.15, 0.2) is 60.8 Å². The Morgan fingerprint density at radius 1 is 1.13 bits per heavy atom. The number of rotatable bonds is 6. The minimum absolute atomic E-state index is 0.0433. The Balaban J connectivity index is 1.85. The minimum Gasteiger partial charge on any atom is -0.396 e. The first-order chi connectivity index (χ1) is 11.2. The van der Waals surface area contributed by atoms with E-state index in [0.29, 0.717) is 11.6 Å². The zero-order chi connectivity index (χ0) is 16.1. The fourth-order valence-electron chi connectivity index (χ4n) is 3.26. The third kappa shape index (κ3) is 3.47. The SMILES string of the molecule is OCC1([C@H](NCc2ncccc2Cl)c2ccccc2)CC=CC1. The van der Waals surface area contributed by atoms with Gasteiger partial charge in [-0.25, -0.2) is 0 Å². The zero-order valence-electron chi connectivity index (χ0n) is 13.0. The highest BCUT2D eigenvalue weighted by molar-refractivity contribution is 6.31. The van der Waals surface area contributed by atoms with Crippen molar-refractivity contribution in [1.82, 2.24) is 10.3 Å². The molecule has 1 aromatic heterocycles. The van der Waals surface area contributed by atoms with Gasteiger partial charge in [0.2, 0.25) is 0 Å². The first kappa shape index (κ1) is 16.2. The smallest absolute Gasteiger partial charge is 0.0727 e. The second-order valence-corrected chi connectivity index (χ2v) is 6.46. The van der Waals surface area contributed by atoms with E-state index in [1.54, 1.807) is 6.20 Å². The van der Waals surface area contributed by atoms with Crippen LogP contribution < -0.4 is 5.32 Å². The van der Waals surface area contributed by atoms with Crippen molar-refractivity contribution in [3.63, 3.8) is 0 Å². The number of hydrogen-bond acceptors (Lipinski definition) is 3. The molecule has 120 valence electrons. The van der Waals surface area contributed by atoms with Gasteiger partial charge in [0.05, 0.1) is 17.3 Å². The van der Waals surface area contributed by atoms with Crippen molar-refractivity contribution in [2.24, 2.45) is 5.41 Å². The summed E-state index contributed by atoms with van der Waals surface area (Å²) < 4.78 is 0. The molecule has 0 aliphatic heterocycles. The molecule has 1 aliphatic rings. The van der Waals surface area contributed by atoms with Crippen LogP contribution in [0.5, 0.6) is 0 Å². The van der Waals surface area contributed by atoms with Gasteiger partial charge < -0.3 is 10.4 Å². The summed E-state index contributed by atoms with van der Waals surface area (Å²) in [5, 5.41) is 14.3. The van der Waals surface area contributed by atoms with Crippen LogP contribution in [0.3, 0.4) is 0 Å². The Morgan fingerprint density at radius 3 is 2.52 bits per heavy atom. The van der Waals surface area contributed by atoms with Crippen LogP contribution in [0.4, 0.5) is 0 Å². The van der Waals surface area contributed by atoms with E-state index in [0.717, 1.165) is 18.5 Å². The van der Waals surface area contributed by atoms with Crippen LogP contribution in [0.1, 0.15) is 30.1 Å². The summed E-state index contributed by atoms with van der Waals surface area (Å²) in [5.74, 6) is 0. The van der Waals surface area contributed by atoms with Crippen molar-refractivity contribution in [2.75, 3.05) is 6.61 Å². The largest absolute Gasteiger partial charge is 0.396 e. The fraction of sp³-hybridized carbons (Fsp3) is 0.316. The van der Waals surface area contributed by atoms with Crippen molar-refractivity contribution in [3.8, 4) is 0 Å². The summed E-state index contributed by atoms with van der Waals surface area (Å²) in [5.41, 5.74) is 1.80. The van der Waals surface area contributed by atoms with Crippen molar-refractivity contribution in [3.05, 3.63) is 77.1 Å². The lowest BCUT2D eigenvalue weighted by Crippen LogP contribution is -2.39. The Hall–Kier alpha value is -1.68. The molecule has 0 spiro atoms. The molecule has 0 amide bonds. The number of halogens is 1. The zero-order valence-corrected chi connectivity index (χ0v) is 13.7. The summed E-state index contributed by atoms with van der Waals surface area (Å²) in [7, 11) is 0. The standard InChI is InChI=1S/C19H21ClN2O/c20-16-9-6-12-21-17(16)13-22-18(15-7-2-1-3-8-15)19(14-23)10-4-5-11-19/h1-9,12,18,22-23H,10-11,13-14H2/t18-/m1/s1. The molecule has 1 atom stereocenters. The van der Waals surface area contributed by atoms with Gasteiger partial charge in [-0.15, -0.1) is 0 Å². The van der Waals surface area contributed by atoms with Gasteiger partial charge in [-0.1, -0.05) is 54.1 Å². The molecule has 23 heavy (non-hydrogen) atoms. The van der Waals surface area contributed by atoms with Crippen molar-refractivity contribution in [1.29, 1.82) is 0 Å². The van der Waals surface area contributed by atoms with E-state index in [2.05, 4.69) is 34.6 Å². The summed E-state index contributed by atoms with van der Waals surface area (Å²) in [6.07, 6.45) is 7.79. The molecule has 0 fully saturated rings. The molecule has 3 rings (SSSR count). The number of allylic oxidation sites excluding steroid dienone is 2. The van der Waals surface area contributed by atoms with Gasteiger partial charge in [0.25, 0.3) is 0 Å². The molecular formula is C19H21ClN2O. The maximum absolute atomic E-state index is 10.1. The fourth-order valence-corrected chi connectivity index (χ4v) is 3.44. The molecule has 0 saturated heterocycles.